The normalized spacial score (nSPS) is 21.2. The Morgan fingerprint density at radius 2 is 2.10 bits per heavy atom. The van der Waals surface area contributed by atoms with Crippen molar-refractivity contribution in [2.75, 3.05) is 20.8 Å². The lowest BCUT2D eigenvalue weighted by atomic mass is 10.1. The van der Waals surface area contributed by atoms with Gasteiger partial charge >= 0.3 is 0 Å². The Morgan fingerprint density at radius 3 is 2.70 bits per heavy atom. The summed E-state index contributed by atoms with van der Waals surface area (Å²) in [6.07, 6.45) is 5.08. The van der Waals surface area contributed by atoms with E-state index in [1.54, 1.807) is 14.2 Å². The molecule has 2 atom stereocenters. The molecule has 1 aromatic carbocycles. The molecule has 0 spiro atoms. The average Bonchev–Trinajstić information content (AvgIpc) is 2.92. The van der Waals surface area contributed by atoms with Crippen molar-refractivity contribution in [1.82, 2.24) is 5.32 Å². The first-order valence-corrected chi connectivity index (χ1v) is 6.98. The van der Waals surface area contributed by atoms with Crippen LogP contribution in [0.5, 0.6) is 11.5 Å². The van der Waals surface area contributed by atoms with Gasteiger partial charge in [-0.2, -0.15) is 0 Å². The fourth-order valence-electron chi connectivity index (χ4n) is 2.38. The van der Waals surface area contributed by atoms with Gasteiger partial charge in [0, 0.05) is 25.1 Å². The number of hydrogen-bond donors (Lipinski definition) is 2. The molecule has 0 radical (unpaired) electrons. The van der Waals surface area contributed by atoms with E-state index >= 15 is 0 Å². The number of aliphatic hydroxyl groups excluding tert-OH is 1. The van der Waals surface area contributed by atoms with Gasteiger partial charge in [0.05, 0.1) is 19.2 Å². The first kappa shape index (κ1) is 15.2. The molecule has 0 saturated carbocycles. The van der Waals surface area contributed by atoms with Crippen molar-refractivity contribution in [3.8, 4) is 11.5 Å². The van der Waals surface area contributed by atoms with Crippen LogP contribution >= 0.6 is 11.6 Å². The molecule has 0 saturated heterocycles. The molecule has 110 valence electrons. The zero-order chi connectivity index (χ0) is 14.5. The van der Waals surface area contributed by atoms with Crippen LogP contribution in [0.15, 0.2) is 24.3 Å². The maximum absolute atomic E-state index is 9.10. The van der Waals surface area contributed by atoms with Gasteiger partial charge in [0.1, 0.15) is 0 Å². The minimum absolute atomic E-state index is 0.205. The van der Waals surface area contributed by atoms with Crippen molar-refractivity contribution in [3.05, 3.63) is 34.9 Å². The van der Waals surface area contributed by atoms with Crippen LogP contribution in [0.25, 0.3) is 0 Å². The topological polar surface area (TPSA) is 50.7 Å². The molecule has 5 heteroatoms. The Balaban J connectivity index is 2.00. The highest BCUT2D eigenvalue weighted by atomic mass is 35.5. The molecule has 0 aromatic heterocycles. The molecule has 0 heterocycles. The Hall–Kier alpha value is -1.23. The average molecular weight is 298 g/mol. The zero-order valence-corrected chi connectivity index (χ0v) is 12.5. The predicted octanol–water partition coefficient (Wildman–Crippen LogP) is 2.38. The molecule has 0 amide bonds. The first-order valence-electron chi connectivity index (χ1n) is 6.61. The molecule has 0 unspecified atom stereocenters. The molecule has 4 nitrogen and oxygen atoms in total. The van der Waals surface area contributed by atoms with Crippen molar-refractivity contribution in [1.29, 1.82) is 0 Å². The minimum atomic E-state index is 0.205. The number of hydrogen-bond acceptors (Lipinski definition) is 4. The lowest BCUT2D eigenvalue weighted by Crippen LogP contribution is -2.26. The third-order valence-electron chi connectivity index (χ3n) is 3.47. The standard InChI is InChI=1S/C15H20ClNO3/c1-19-14-7-11(6-13(16)15(14)20-2)8-17-12-4-3-10(5-12)9-18/h3-4,6-7,10,12,17-18H,5,8-9H2,1-2H3/t10-,12+/m0/s1. The van der Waals surface area contributed by atoms with Gasteiger partial charge in [0.2, 0.25) is 0 Å². The third-order valence-corrected chi connectivity index (χ3v) is 3.75. The van der Waals surface area contributed by atoms with Gasteiger partial charge in [-0.05, 0) is 24.1 Å². The molecular weight excluding hydrogens is 278 g/mol. The van der Waals surface area contributed by atoms with E-state index in [0.29, 0.717) is 29.1 Å². The number of nitrogens with one attached hydrogen (secondary N) is 1. The molecule has 0 aliphatic heterocycles. The first-order chi connectivity index (χ1) is 9.67. The molecule has 20 heavy (non-hydrogen) atoms. The molecule has 2 rings (SSSR count). The SMILES string of the molecule is COc1cc(CN[C@@H]2C=C[C@H](CO)C2)cc(Cl)c1OC. The molecule has 1 aromatic rings. The number of methoxy groups -OCH3 is 2. The fraction of sp³-hybridized carbons (Fsp3) is 0.467. The number of ether oxygens (including phenoxy) is 2. The lowest BCUT2D eigenvalue weighted by molar-refractivity contribution is 0.246. The number of aliphatic hydroxyl groups is 1. The van der Waals surface area contributed by atoms with Crippen LogP contribution in [-0.4, -0.2) is 32.0 Å². The molecule has 0 bridgehead atoms. The summed E-state index contributed by atoms with van der Waals surface area (Å²) in [5.41, 5.74) is 1.04. The van der Waals surface area contributed by atoms with E-state index in [4.69, 9.17) is 26.2 Å². The van der Waals surface area contributed by atoms with E-state index in [2.05, 4.69) is 17.5 Å². The predicted molar refractivity (Wildman–Crippen MR) is 79.5 cm³/mol. The summed E-state index contributed by atoms with van der Waals surface area (Å²) in [5, 5.41) is 13.1. The Bertz CT molecular complexity index is 490. The van der Waals surface area contributed by atoms with Gasteiger partial charge in [-0.3, -0.25) is 0 Å². The molecule has 1 aliphatic rings. The second kappa shape index (κ2) is 6.97. The summed E-state index contributed by atoms with van der Waals surface area (Å²) < 4.78 is 10.5. The maximum Gasteiger partial charge on any atom is 0.179 e. The van der Waals surface area contributed by atoms with E-state index in [0.717, 1.165) is 12.0 Å². The summed E-state index contributed by atoms with van der Waals surface area (Å²) in [6.45, 7) is 0.893. The molecule has 0 fully saturated rings. The number of halogens is 1. The summed E-state index contributed by atoms with van der Waals surface area (Å²) in [5.74, 6) is 1.45. The fourth-order valence-corrected chi connectivity index (χ4v) is 2.69. The number of rotatable bonds is 6. The van der Waals surface area contributed by atoms with E-state index in [1.165, 1.54) is 0 Å². The highest BCUT2D eigenvalue weighted by Crippen LogP contribution is 2.36. The lowest BCUT2D eigenvalue weighted by Gasteiger charge is -2.15. The largest absolute Gasteiger partial charge is 0.493 e. The minimum Gasteiger partial charge on any atom is -0.493 e. The smallest absolute Gasteiger partial charge is 0.179 e. The summed E-state index contributed by atoms with van der Waals surface area (Å²) in [7, 11) is 3.16. The second-order valence-electron chi connectivity index (χ2n) is 4.86. The monoisotopic (exact) mass is 297 g/mol. The van der Waals surface area contributed by atoms with Gasteiger partial charge in [0.15, 0.2) is 11.5 Å². The quantitative estimate of drug-likeness (QED) is 0.792. The Kier molecular flexibility index (Phi) is 5.29. The van der Waals surface area contributed by atoms with Crippen LogP contribution in [-0.2, 0) is 6.54 Å². The highest BCUT2D eigenvalue weighted by molar-refractivity contribution is 6.32. The van der Waals surface area contributed by atoms with Crippen molar-refractivity contribution in [2.45, 2.75) is 19.0 Å². The third kappa shape index (κ3) is 3.45. The van der Waals surface area contributed by atoms with Gasteiger partial charge in [0.25, 0.3) is 0 Å². The van der Waals surface area contributed by atoms with Crippen molar-refractivity contribution in [3.63, 3.8) is 0 Å². The van der Waals surface area contributed by atoms with Crippen LogP contribution in [0, 0.1) is 5.92 Å². The van der Waals surface area contributed by atoms with E-state index in [9.17, 15) is 0 Å². The summed E-state index contributed by atoms with van der Waals surface area (Å²) >= 11 is 6.17. The van der Waals surface area contributed by atoms with E-state index < -0.39 is 0 Å². The van der Waals surface area contributed by atoms with Gasteiger partial charge in [-0.15, -0.1) is 0 Å². The maximum atomic E-state index is 9.10. The van der Waals surface area contributed by atoms with Crippen molar-refractivity contribution >= 4 is 11.6 Å². The zero-order valence-electron chi connectivity index (χ0n) is 11.7. The van der Waals surface area contributed by atoms with E-state index in [1.807, 2.05) is 12.1 Å². The van der Waals surface area contributed by atoms with E-state index in [-0.39, 0.29) is 12.5 Å². The van der Waals surface area contributed by atoms with Crippen LogP contribution in [0.2, 0.25) is 5.02 Å². The van der Waals surface area contributed by atoms with Crippen LogP contribution in [0.3, 0.4) is 0 Å². The van der Waals surface area contributed by atoms with Crippen LogP contribution in [0.1, 0.15) is 12.0 Å². The second-order valence-corrected chi connectivity index (χ2v) is 5.27. The molecular formula is C15H20ClNO3. The summed E-state index contributed by atoms with van der Waals surface area (Å²) in [6, 6.07) is 4.08. The summed E-state index contributed by atoms with van der Waals surface area (Å²) in [4.78, 5) is 0. The Labute approximate surface area is 124 Å². The van der Waals surface area contributed by atoms with Gasteiger partial charge in [-0.1, -0.05) is 23.8 Å². The molecule has 1 aliphatic carbocycles. The molecule has 2 N–H and O–H groups in total. The van der Waals surface area contributed by atoms with Crippen molar-refractivity contribution < 1.29 is 14.6 Å². The van der Waals surface area contributed by atoms with Gasteiger partial charge in [-0.25, -0.2) is 0 Å². The highest BCUT2D eigenvalue weighted by Gasteiger charge is 2.18. The Morgan fingerprint density at radius 1 is 1.30 bits per heavy atom. The van der Waals surface area contributed by atoms with Crippen molar-refractivity contribution in [2.24, 2.45) is 5.92 Å². The van der Waals surface area contributed by atoms with Crippen LogP contribution < -0.4 is 14.8 Å². The number of benzene rings is 1. The van der Waals surface area contributed by atoms with Crippen LogP contribution in [0.4, 0.5) is 0 Å². The van der Waals surface area contributed by atoms with Gasteiger partial charge < -0.3 is 19.9 Å².